The minimum atomic E-state index is 1.06. The zero-order chi connectivity index (χ0) is 10.8. The monoisotopic (exact) mass is 272 g/mol. The SMILES string of the molecule is [AsH2]C1CCCCCCCCCCCCC1. The molecule has 1 aliphatic carbocycles. The molecular formula is C14H29As. The molecule has 1 rings (SSSR count). The summed E-state index contributed by atoms with van der Waals surface area (Å²) in [5, 5.41) is 0. The summed E-state index contributed by atoms with van der Waals surface area (Å²) in [5.41, 5.74) is 0. The Morgan fingerprint density at radius 3 is 1.07 bits per heavy atom. The van der Waals surface area contributed by atoms with Crippen molar-refractivity contribution in [3.8, 4) is 0 Å². The summed E-state index contributed by atoms with van der Waals surface area (Å²) in [5.74, 6) is 0. The summed E-state index contributed by atoms with van der Waals surface area (Å²) in [6, 6.07) is 0. The molecule has 1 atom stereocenters. The predicted molar refractivity (Wildman–Crippen MR) is 72.3 cm³/mol. The van der Waals surface area contributed by atoms with Crippen molar-refractivity contribution in [3.63, 3.8) is 0 Å². The van der Waals surface area contributed by atoms with E-state index < -0.39 is 0 Å². The van der Waals surface area contributed by atoms with E-state index in [-0.39, 0.29) is 0 Å². The van der Waals surface area contributed by atoms with E-state index in [2.05, 4.69) is 0 Å². The summed E-state index contributed by atoms with van der Waals surface area (Å²) >= 11 is 2.00. The Bertz CT molecular complexity index is 119. The van der Waals surface area contributed by atoms with Gasteiger partial charge < -0.3 is 0 Å². The van der Waals surface area contributed by atoms with Gasteiger partial charge in [-0.15, -0.1) is 0 Å². The molecule has 90 valence electrons. The first-order chi connectivity index (χ1) is 7.39. The first-order valence-corrected chi connectivity index (χ1v) is 8.55. The van der Waals surface area contributed by atoms with E-state index in [0.717, 1.165) is 4.71 Å². The summed E-state index contributed by atoms with van der Waals surface area (Å²) in [7, 11) is 0. The third kappa shape index (κ3) is 8.37. The van der Waals surface area contributed by atoms with Crippen LogP contribution in [0, 0.1) is 0 Å². The first-order valence-electron chi connectivity index (χ1n) is 7.15. The van der Waals surface area contributed by atoms with Crippen LogP contribution in [-0.4, -0.2) is 16.9 Å². The van der Waals surface area contributed by atoms with Crippen LogP contribution in [0.4, 0.5) is 0 Å². The normalized spacial score (nSPS) is 24.6. The van der Waals surface area contributed by atoms with Crippen LogP contribution < -0.4 is 0 Å². The van der Waals surface area contributed by atoms with Crippen LogP contribution in [0.2, 0.25) is 4.71 Å². The molecule has 0 nitrogen and oxygen atoms in total. The van der Waals surface area contributed by atoms with Gasteiger partial charge in [0.1, 0.15) is 0 Å². The molecule has 0 N–H and O–H groups in total. The van der Waals surface area contributed by atoms with Gasteiger partial charge >= 0.3 is 105 Å². The molecule has 15 heavy (non-hydrogen) atoms. The fourth-order valence-electron chi connectivity index (χ4n) is 2.55. The zero-order valence-corrected chi connectivity index (χ0v) is 12.8. The van der Waals surface area contributed by atoms with E-state index in [0.29, 0.717) is 0 Å². The molecule has 1 saturated carbocycles. The van der Waals surface area contributed by atoms with Crippen LogP contribution in [0.3, 0.4) is 0 Å². The van der Waals surface area contributed by atoms with Crippen molar-refractivity contribution in [2.75, 3.05) is 0 Å². The first kappa shape index (κ1) is 13.6. The molecule has 1 unspecified atom stereocenters. The third-order valence-electron chi connectivity index (χ3n) is 3.65. The van der Waals surface area contributed by atoms with Crippen LogP contribution in [0.15, 0.2) is 0 Å². The van der Waals surface area contributed by atoms with Gasteiger partial charge in [0.25, 0.3) is 0 Å². The summed E-state index contributed by atoms with van der Waals surface area (Å²) in [6.45, 7) is 0. The summed E-state index contributed by atoms with van der Waals surface area (Å²) in [6.07, 6.45) is 19.5. The molecule has 0 heterocycles. The zero-order valence-electron chi connectivity index (χ0n) is 10.3. The molecule has 0 aromatic rings. The standard InChI is InChI=1S/C14H29As/c15-14-12-10-8-6-4-2-1-3-5-7-9-11-13-14/h14H,1-13,15H2. The summed E-state index contributed by atoms with van der Waals surface area (Å²) < 4.78 is 1.06. The quantitative estimate of drug-likeness (QED) is 0.570. The van der Waals surface area contributed by atoms with Crippen molar-refractivity contribution in [3.05, 3.63) is 0 Å². The van der Waals surface area contributed by atoms with Gasteiger partial charge in [-0.3, -0.25) is 0 Å². The Labute approximate surface area is 105 Å². The topological polar surface area (TPSA) is 0 Å². The molecule has 0 amide bonds. The third-order valence-corrected chi connectivity index (χ3v) is 5.05. The van der Waals surface area contributed by atoms with Crippen LogP contribution in [0.1, 0.15) is 83.5 Å². The van der Waals surface area contributed by atoms with Crippen molar-refractivity contribution in [2.24, 2.45) is 0 Å². The second kappa shape index (κ2) is 9.76. The molecule has 0 aliphatic heterocycles. The molecule has 1 fully saturated rings. The molecule has 0 bridgehead atoms. The number of hydrogen-bond acceptors (Lipinski definition) is 0. The van der Waals surface area contributed by atoms with Crippen molar-refractivity contribution in [2.45, 2.75) is 88.2 Å². The van der Waals surface area contributed by atoms with E-state index in [9.17, 15) is 0 Å². The van der Waals surface area contributed by atoms with E-state index in [1.54, 1.807) is 0 Å². The summed E-state index contributed by atoms with van der Waals surface area (Å²) in [4.78, 5) is 0. The average Bonchev–Trinajstić information content (AvgIpc) is 2.24. The molecule has 0 aromatic heterocycles. The van der Waals surface area contributed by atoms with Gasteiger partial charge in [-0.1, -0.05) is 0 Å². The van der Waals surface area contributed by atoms with Gasteiger partial charge in [0.15, 0.2) is 0 Å². The van der Waals surface area contributed by atoms with Gasteiger partial charge in [-0.25, -0.2) is 0 Å². The molecule has 0 aromatic carbocycles. The second-order valence-electron chi connectivity index (χ2n) is 5.23. The minimum absolute atomic E-state index is 1.06. The van der Waals surface area contributed by atoms with Gasteiger partial charge in [0, 0.05) is 0 Å². The fraction of sp³-hybridized carbons (Fsp3) is 1.00. The van der Waals surface area contributed by atoms with Crippen molar-refractivity contribution >= 4 is 16.9 Å². The van der Waals surface area contributed by atoms with Gasteiger partial charge in [0.05, 0.1) is 0 Å². The average molecular weight is 272 g/mol. The van der Waals surface area contributed by atoms with Crippen LogP contribution >= 0.6 is 0 Å². The van der Waals surface area contributed by atoms with Crippen molar-refractivity contribution in [1.29, 1.82) is 0 Å². The predicted octanol–water partition coefficient (Wildman–Crippen LogP) is 4.49. The van der Waals surface area contributed by atoms with Crippen LogP contribution in [-0.2, 0) is 0 Å². The fourth-order valence-corrected chi connectivity index (χ4v) is 3.54. The van der Waals surface area contributed by atoms with E-state index in [1.807, 2.05) is 16.9 Å². The molecular weight excluding hydrogens is 243 g/mol. The Morgan fingerprint density at radius 2 is 0.733 bits per heavy atom. The van der Waals surface area contributed by atoms with Crippen LogP contribution in [0.25, 0.3) is 0 Å². The van der Waals surface area contributed by atoms with E-state index in [4.69, 9.17) is 0 Å². The van der Waals surface area contributed by atoms with Crippen molar-refractivity contribution < 1.29 is 0 Å². The van der Waals surface area contributed by atoms with Gasteiger partial charge in [-0.2, -0.15) is 0 Å². The van der Waals surface area contributed by atoms with E-state index >= 15 is 0 Å². The maximum absolute atomic E-state index is 2.00. The molecule has 1 aliphatic rings. The number of rotatable bonds is 0. The molecule has 0 saturated heterocycles. The Hall–Kier alpha value is 0.558. The maximum atomic E-state index is 2.00. The molecule has 0 radical (unpaired) electrons. The van der Waals surface area contributed by atoms with Crippen molar-refractivity contribution in [1.82, 2.24) is 0 Å². The molecule has 0 spiro atoms. The molecule has 1 heteroatoms. The Balaban J connectivity index is 2.10. The Morgan fingerprint density at radius 1 is 0.467 bits per heavy atom. The van der Waals surface area contributed by atoms with Gasteiger partial charge in [0.2, 0.25) is 0 Å². The second-order valence-corrected chi connectivity index (χ2v) is 7.20. The van der Waals surface area contributed by atoms with E-state index in [1.165, 1.54) is 83.5 Å². The van der Waals surface area contributed by atoms with Crippen LogP contribution in [0.5, 0.6) is 0 Å². The number of hydrogen-bond donors (Lipinski definition) is 0. The Kier molecular flexibility index (Phi) is 8.86. The van der Waals surface area contributed by atoms with Gasteiger partial charge in [-0.05, 0) is 0 Å².